The number of hydrogen-bond acceptors (Lipinski definition) is 5. The number of nitrogens with one attached hydrogen (secondary N) is 4. The van der Waals surface area contributed by atoms with Gasteiger partial charge in [0.2, 0.25) is 17.8 Å². The number of anilines is 4. The van der Waals surface area contributed by atoms with E-state index in [1.807, 2.05) is 6.92 Å². The largest absolute Gasteiger partial charge is 0.326 e. The Hall–Kier alpha value is -3.07. The molecular weight excluding hydrogens is 477 g/mol. The number of carbonyl (C=O) groups is 2. The van der Waals surface area contributed by atoms with Gasteiger partial charge in [-0.2, -0.15) is 4.98 Å². The number of rotatable bonds is 4. The van der Waals surface area contributed by atoms with Crippen LogP contribution in [0, 0.1) is 6.92 Å². The van der Waals surface area contributed by atoms with E-state index in [9.17, 15) is 14.4 Å². The Kier molecular flexibility index (Phi) is 6.10. The third-order valence-corrected chi connectivity index (χ3v) is 5.52. The van der Waals surface area contributed by atoms with E-state index in [1.54, 1.807) is 36.4 Å². The Morgan fingerprint density at radius 2 is 1.81 bits per heavy atom. The van der Waals surface area contributed by atoms with Crippen molar-refractivity contribution in [1.82, 2.24) is 9.97 Å². The molecule has 32 heavy (non-hydrogen) atoms. The Morgan fingerprint density at radius 1 is 1.09 bits per heavy atom. The van der Waals surface area contributed by atoms with Crippen LogP contribution < -0.4 is 21.5 Å². The first-order valence-corrected chi connectivity index (χ1v) is 10.6. The fourth-order valence-electron chi connectivity index (χ4n) is 3.36. The zero-order chi connectivity index (χ0) is 23.0. The van der Waals surface area contributed by atoms with Gasteiger partial charge in [0.15, 0.2) is 0 Å². The second-order valence-corrected chi connectivity index (χ2v) is 8.52. The molecule has 0 fully saturated rings. The maximum atomic E-state index is 12.9. The van der Waals surface area contributed by atoms with Crippen LogP contribution in [-0.4, -0.2) is 21.8 Å². The molecule has 11 heteroatoms. The zero-order valence-electron chi connectivity index (χ0n) is 16.6. The molecule has 4 N–H and O–H groups in total. The number of carbonyl (C=O) groups excluding carboxylic acids is 2. The molecule has 2 heterocycles. The number of benzene rings is 2. The van der Waals surface area contributed by atoms with Crippen molar-refractivity contribution in [2.24, 2.45) is 0 Å². The molecule has 0 saturated carbocycles. The topological polar surface area (TPSA) is 116 Å². The van der Waals surface area contributed by atoms with E-state index in [0.717, 1.165) is 5.56 Å². The number of fused-ring (bicyclic) bond motifs is 1. The van der Waals surface area contributed by atoms with Crippen molar-refractivity contribution in [1.29, 1.82) is 0 Å². The number of aryl methyl sites for hydroxylation is 1. The average Bonchev–Trinajstić information content (AvgIpc) is 2.68. The normalized spacial score (nSPS) is 15.0. The van der Waals surface area contributed by atoms with Crippen LogP contribution >= 0.6 is 34.8 Å². The molecule has 0 spiro atoms. The lowest BCUT2D eigenvalue weighted by Gasteiger charge is -2.24. The number of nitrogens with zero attached hydrogens (tertiary/aromatic N) is 1. The van der Waals surface area contributed by atoms with Crippen LogP contribution in [-0.2, 0) is 9.59 Å². The summed E-state index contributed by atoms with van der Waals surface area (Å²) in [5.74, 6) is -1.98. The first kappa shape index (κ1) is 22.1. The van der Waals surface area contributed by atoms with Gasteiger partial charge in [-0.3, -0.25) is 19.4 Å². The summed E-state index contributed by atoms with van der Waals surface area (Å²) in [5, 5.41) is 9.25. The van der Waals surface area contributed by atoms with Crippen LogP contribution in [0.25, 0.3) is 0 Å². The van der Waals surface area contributed by atoms with Crippen molar-refractivity contribution >= 4 is 69.8 Å². The first-order valence-electron chi connectivity index (χ1n) is 9.44. The quantitative estimate of drug-likeness (QED) is 0.416. The molecule has 0 saturated heterocycles. The number of amides is 2. The molecule has 3 aromatic rings. The van der Waals surface area contributed by atoms with Crippen molar-refractivity contribution in [3.8, 4) is 0 Å². The summed E-state index contributed by atoms with van der Waals surface area (Å²) in [6.07, 6.45) is -0.205. The van der Waals surface area contributed by atoms with Gasteiger partial charge in [-0.25, -0.2) is 0 Å². The maximum Gasteiger partial charge on any atom is 0.258 e. The monoisotopic (exact) mass is 491 g/mol. The second-order valence-electron chi connectivity index (χ2n) is 7.24. The van der Waals surface area contributed by atoms with E-state index in [1.165, 1.54) is 0 Å². The van der Waals surface area contributed by atoms with Gasteiger partial charge in [0.1, 0.15) is 5.82 Å². The van der Waals surface area contributed by atoms with E-state index in [0.29, 0.717) is 26.4 Å². The number of H-pyrrole nitrogens is 1. The smallest absolute Gasteiger partial charge is 0.258 e. The van der Waals surface area contributed by atoms with Gasteiger partial charge < -0.3 is 16.0 Å². The van der Waals surface area contributed by atoms with Crippen LogP contribution in [0.4, 0.5) is 23.1 Å². The molecule has 0 radical (unpaired) electrons. The van der Waals surface area contributed by atoms with Crippen molar-refractivity contribution in [3.05, 3.63) is 72.9 Å². The summed E-state index contributed by atoms with van der Waals surface area (Å²) in [4.78, 5) is 44.9. The van der Waals surface area contributed by atoms with Gasteiger partial charge in [-0.05, 0) is 42.8 Å². The fraction of sp³-hybridized carbons (Fsp3) is 0.143. The Balaban J connectivity index is 1.65. The molecule has 0 bridgehead atoms. The minimum atomic E-state index is -1.04. The van der Waals surface area contributed by atoms with E-state index < -0.39 is 23.3 Å². The van der Waals surface area contributed by atoms with Crippen LogP contribution in [0.2, 0.25) is 15.1 Å². The van der Waals surface area contributed by atoms with Crippen LogP contribution in [0.3, 0.4) is 0 Å². The van der Waals surface area contributed by atoms with Gasteiger partial charge in [0.05, 0.1) is 22.2 Å². The van der Waals surface area contributed by atoms with E-state index in [-0.39, 0.29) is 23.8 Å². The number of aromatic nitrogens is 2. The number of aromatic amines is 1. The van der Waals surface area contributed by atoms with E-state index in [4.69, 9.17) is 34.8 Å². The molecule has 8 nitrogen and oxygen atoms in total. The summed E-state index contributed by atoms with van der Waals surface area (Å²) in [6.45, 7) is 1.87. The lowest BCUT2D eigenvalue weighted by atomic mass is 9.92. The molecule has 164 valence electrons. The standard InChI is InChI=1S/C21H16Cl3N5O3/c1-9-2-3-15(14(24)4-9)26-19(31)13-8-16(30)27-18-17(13)20(32)29-21(28-18)25-12-6-10(22)5-11(23)7-12/h2-7,13H,8H2,1H3,(H,26,31)(H3,25,27,28,29,30,32)/t13-/m0/s1. The minimum Gasteiger partial charge on any atom is -0.326 e. The highest BCUT2D eigenvalue weighted by molar-refractivity contribution is 6.35. The Labute approximate surface area is 197 Å². The number of halogens is 3. The van der Waals surface area contributed by atoms with Gasteiger partial charge in [0, 0.05) is 22.2 Å². The summed E-state index contributed by atoms with van der Waals surface area (Å²) < 4.78 is 0. The lowest BCUT2D eigenvalue weighted by molar-refractivity contribution is -0.123. The van der Waals surface area contributed by atoms with Crippen LogP contribution in [0.1, 0.15) is 23.5 Å². The highest BCUT2D eigenvalue weighted by atomic mass is 35.5. The summed E-state index contributed by atoms with van der Waals surface area (Å²) in [7, 11) is 0. The molecule has 1 atom stereocenters. The average molecular weight is 493 g/mol. The third-order valence-electron chi connectivity index (χ3n) is 4.78. The SMILES string of the molecule is Cc1ccc(NC(=O)[C@H]2CC(=O)Nc3nc(Nc4cc(Cl)cc(Cl)c4)[nH]c(=O)c32)c(Cl)c1. The van der Waals surface area contributed by atoms with Crippen molar-refractivity contribution < 1.29 is 9.59 Å². The van der Waals surface area contributed by atoms with Crippen LogP contribution in [0.15, 0.2) is 41.2 Å². The third kappa shape index (κ3) is 4.72. The highest BCUT2D eigenvalue weighted by Gasteiger charge is 2.35. The molecule has 2 amide bonds. The molecule has 4 rings (SSSR count). The molecule has 2 aromatic carbocycles. The predicted molar refractivity (Wildman–Crippen MR) is 125 cm³/mol. The number of hydrogen-bond donors (Lipinski definition) is 4. The Bertz CT molecular complexity index is 1290. The summed E-state index contributed by atoms with van der Waals surface area (Å²) >= 11 is 18.2. The highest BCUT2D eigenvalue weighted by Crippen LogP contribution is 2.32. The van der Waals surface area contributed by atoms with Gasteiger partial charge >= 0.3 is 0 Å². The summed E-state index contributed by atoms with van der Waals surface area (Å²) in [6, 6.07) is 9.89. The maximum absolute atomic E-state index is 12.9. The van der Waals surface area contributed by atoms with E-state index >= 15 is 0 Å². The van der Waals surface area contributed by atoms with Crippen LogP contribution in [0.5, 0.6) is 0 Å². The molecule has 1 aliphatic rings. The van der Waals surface area contributed by atoms with Crippen molar-refractivity contribution in [2.75, 3.05) is 16.0 Å². The fourth-order valence-corrected chi connectivity index (χ4v) is 4.17. The zero-order valence-corrected chi connectivity index (χ0v) is 18.8. The molecule has 1 aromatic heterocycles. The minimum absolute atomic E-state index is 0.00391. The Morgan fingerprint density at radius 3 is 2.50 bits per heavy atom. The van der Waals surface area contributed by atoms with E-state index in [2.05, 4.69) is 25.9 Å². The predicted octanol–water partition coefficient (Wildman–Crippen LogP) is 4.85. The molecular formula is C21H16Cl3N5O3. The first-order chi connectivity index (χ1) is 15.2. The molecule has 0 aliphatic carbocycles. The van der Waals surface area contributed by atoms with Gasteiger partial charge in [0.25, 0.3) is 5.56 Å². The second kappa shape index (κ2) is 8.82. The summed E-state index contributed by atoms with van der Waals surface area (Å²) in [5.41, 5.74) is 1.28. The molecule has 1 aliphatic heterocycles. The van der Waals surface area contributed by atoms with Gasteiger partial charge in [-0.15, -0.1) is 0 Å². The van der Waals surface area contributed by atoms with Crippen molar-refractivity contribution in [2.45, 2.75) is 19.3 Å². The van der Waals surface area contributed by atoms with Gasteiger partial charge in [-0.1, -0.05) is 40.9 Å². The lowest BCUT2D eigenvalue weighted by Crippen LogP contribution is -2.36. The van der Waals surface area contributed by atoms with Crippen molar-refractivity contribution in [3.63, 3.8) is 0 Å². The molecule has 0 unspecified atom stereocenters.